The Morgan fingerprint density at radius 3 is 2.26 bits per heavy atom. The van der Waals surface area contributed by atoms with Gasteiger partial charge in [0.2, 0.25) is 5.91 Å². The third-order valence-corrected chi connectivity index (χ3v) is 4.55. The number of alkyl carbamates (subject to hydrolysis) is 1. The number of hydrogen-bond donors (Lipinski definition) is 2. The number of alkyl halides is 2. The maximum Gasteiger partial charge on any atom is 0.408 e. The molecule has 0 aliphatic rings. The van der Waals surface area contributed by atoms with Crippen molar-refractivity contribution in [2.45, 2.75) is 25.5 Å². The molecule has 0 bridgehead atoms. The zero-order chi connectivity index (χ0) is 22.2. The number of halogens is 2. The van der Waals surface area contributed by atoms with Gasteiger partial charge in [-0.1, -0.05) is 60.7 Å². The molecule has 0 aliphatic heterocycles. The summed E-state index contributed by atoms with van der Waals surface area (Å²) in [5.41, 5.74) is 1.04. The van der Waals surface area contributed by atoms with Gasteiger partial charge in [0.1, 0.15) is 18.3 Å². The number of rotatable bonds is 8. The van der Waals surface area contributed by atoms with Crippen molar-refractivity contribution in [1.29, 1.82) is 0 Å². The molecule has 0 fully saturated rings. The van der Waals surface area contributed by atoms with Crippen molar-refractivity contribution in [2.75, 3.05) is 5.32 Å². The minimum Gasteiger partial charge on any atom is -0.445 e. The fourth-order valence-corrected chi connectivity index (χ4v) is 2.99. The van der Waals surface area contributed by atoms with Gasteiger partial charge >= 0.3 is 6.09 Å². The smallest absolute Gasteiger partial charge is 0.408 e. The van der Waals surface area contributed by atoms with Crippen LogP contribution in [0.1, 0.15) is 23.2 Å². The number of hydrogen-bond acceptors (Lipinski definition) is 4. The molecule has 1 aromatic heterocycles. The third kappa shape index (κ3) is 6.11. The predicted molar refractivity (Wildman–Crippen MR) is 110 cm³/mol. The van der Waals surface area contributed by atoms with Crippen LogP contribution in [-0.2, 0) is 29.6 Å². The summed E-state index contributed by atoms with van der Waals surface area (Å²) < 4.78 is 32.8. The molecule has 9 heteroatoms. The number of nitrogens with one attached hydrogen (secondary N) is 2. The monoisotopic (exact) mass is 428 g/mol. The van der Waals surface area contributed by atoms with Crippen molar-refractivity contribution in [3.8, 4) is 0 Å². The van der Waals surface area contributed by atoms with Gasteiger partial charge in [-0.2, -0.15) is 5.10 Å². The van der Waals surface area contributed by atoms with E-state index in [4.69, 9.17) is 4.74 Å². The molecule has 0 aliphatic carbocycles. The molecule has 0 spiro atoms. The lowest BCUT2D eigenvalue weighted by atomic mass is 10.1. The molecule has 2 aromatic carbocycles. The van der Waals surface area contributed by atoms with Crippen molar-refractivity contribution in [3.05, 3.63) is 83.7 Å². The van der Waals surface area contributed by atoms with Crippen molar-refractivity contribution in [3.63, 3.8) is 0 Å². The minimum absolute atomic E-state index is 0.0322. The Kier molecular flexibility index (Phi) is 7.31. The van der Waals surface area contributed by atoms with Gasteiger partial charge < -0.3 is 15.4 Å². The predicted octanol–water partition coefficient (Wildman–Crippen LogP) is 3.83. The molecular formula is C22H22F2N4O3. The number of anilines is 1. The van der Waals surface area contributed by atoms with Gasteiger partial charge in [0.05, 0.1) is 11.9 Å². The Balaban J connectivity index is 1.71. The van der Waals surface area contributed by atoms with Gasteiger partial charge in [-0.05, 0) is 11.1 Å². The van der Waals surface area contributed by atoms with E-state index in [1.54, 1.807) is 36.4 Å². The Morgan fingerprint density at radius 1 is 1.03 bits per heavy atom. The molecule has 31 heavy (non-hydrogen) atoms. The van der Waals surface area contributed by atoms with Gasteiger partial charge in [-0.3, -0.25) is 9.48 Å². The van der Waals surface area contributed by atoms with Crippen LogP contribution in [0.25, 0.3) is 0 Å². The van der Waals surface area contributed by atoms with E-state index in [2.05, 4.69) is 15.7 Å². The summed E-state index contributed by atoms with van der Waals surface area (Å²) in [7, 11) is 1.36. The van der Waals surface area contributed by atoms with Gasteiger partial charge in [-0.15, -0.1) is 0 Å². The van der Waals surface area contributed by atoms with Crippen LogP contribution < -0.4 is 10.6 Å². The lowest BCUT2D eigenvalue weighted by molar-refractivity contribution is -0.118. The largest absolute Gasteiger partial charge is 0.445 e. The maximum absolute atomic E-state index is 13.3. The first-order chi connectivity index (χ1) is 14.9. The molecule has 1 heterocycles. The van der Waals surface area contributed by atoms with Crippen molar-refractivity contribution in [2.24, 2.45) is 7.05 Å². The summed E-state index contributed by atoms with van der Waals surface area (Å²) in [4.78, 5) is 25.2. The quantitative estimate of drug-likeness (QED) is 0.571. The number of carbonyl (C=O) groups excluding carboxylic acids is 2. The first-order valence-corrected chi connectivity index (χ1v) is 9.56. The van der Waals surface area contributed by atoms with E-state index >= 15 is 0 Å². The number of nitrogens with zero attached hydrogens (tertiary/aromatic N) is 2. The second-order valence-corrected chi connectivity index (χ2v) is 6.81. The van der Waals surface area contributed by atoms with Crippen molar-refractivity contribution < 1.29 is 23.1 Å². The van der Waals surface area contributed by atoms with Crippen LogP contribution in [0.2, 0.25) is 0 Å². The topological polar surface area (TPSA) is 85.3 Å². The minimum atomic E-state index is -2.82. The Bertz CT molecular complexity index is 1010. The fraction of sp³-hybridized carbons (Fsp3) is 0.227. The molecule has 7 nitrogen and oxygen atoms in total. The van der Waals surface area contributed by atoms with Crippen LogP contribution in [0, 0.1) is 0 Å². The molecule has 1 atom stereocenters. The fourth-order valence-electron chi connectivity index (χ4n) is 2.99. The van der Waals surface area contributed by atoms with Crippen LogP contribution in [-0.4, -0.2) is 27.8 Å². The summed E-state index contributed by atoms with van der Waals surface area (Å²) in [5.74, 6) is -0.657. The zero-order valence-electron chi connectivity index (χ0n) is 16.8. The van der Waals surface area contributed by atoms with E-state index in [1.807, 2.05) is 24.3 Å². The number of aromatic nitrogens is 2. The molecule has 0 radical (unpaired) electrons. The van der Waals surface area contributed by atoms with E-state index in [0.29, 0.717) is 0 Å². The molecule has 0 saturated carbocycles. The number of benzene rings is 2. The van der Waals surface area contributed by atoms with Crippen LogP contribution in [0.15, 0.2) is 66.9 Å². The molecule has 2 amide bonds. The average Bonchev–Trinajstić information content (AvgIpc) is 3.13. The highest BCUT2D eigenvalue weighted by atomic mass is 19.3. The second-order valence-electron chi connectivity index (χ2n) is 6.81. The Hall–Kier alpha value is -3.75. The summed E-state index contributed by atoms with van der Waals surface area (Å²) in [6.45, 7) is 0.0322. The summed E-state index contributed by atoms with van der Waals surface area (Å²) in [6.07, 6.45) is -2.32. The van der Waals surface area contributed by atoms with Crippen LogP contribution in [0.5, 0.6) is 0 Å². The van der Waals surface area contributed by atoms with E-state index in [-0.39, 0.29) is 18.7 Å². The molecule has 3 rings (SSSR count). The zero-order valence-corrected chi connectivity index (χ0v) is 16.8. The molecule has 0 saturated heterocycles. The lowest BCUT2D eigenvalue weighted by Crippen LogP contribution is -2.45. The van der Waals surface area contributed by atoms with Crippen LogP contribution in [0.3, 0.4) is 0 Å². The Morgan fingerprint density at radius 2 is 1.65 bits per heavy atom. The highest BCUT2D eigenvalue weighted by molar-refractivity contribution is 5.97. The summed E-state index contributed by atoms with van der Waals surface area (Å²) in [5, 5.41) is 8.73. The molecule has 162 valence electrons. The summed E-state index contributed by atoms with van der Waals surface area (Å²) >= 11 is 0. The number of aryl methyl sites for hydroxylation is 1. The first-order valence-electron chi connectivity index (χ1n) is 9.56. The van der Waals surface area contributed by atoms with Gasteiger partial charge in [-0.25, -0.2) is 13.6 Å². The average molecular weight is 428 g/mol. The number of ether oxygens (including phenoxy) is 1. The second kappa shape index (κ2) is 10.3. The van der Waals surface area contributed by atoms with Crippen molar-refractivity contribution >= 4 is 17.7 Å². The van der Waals surface area contributed by atoms with Crippen molar-refractivity contribution in [1.82, 2.24) is 15.1 Å². The highest BCUT2D eigenvalue weighted by Crippen LogP contribution is 2.26. The molecule has 0 unspecified atom stereocenters. The SMILES string of the molecule is Cn1ncc(NC(=O)[C@H](Cc2ccccc2)NC(=O)OCc2ccccc2)c1C(F)F. The number of carbonyl (C=O) groups is 2. The Labute approximate surface area is 178 Å². The van der Waals surface area contributed by atoms with E-state index in [0.717, 1.165) is 22.0 Å². The summed E-state index contributed by atoms with van der Waals surface area (Å²) in [6, 6.07) is 17.1. The lowest BCUT2D eigenvalue weighted by Gasteiger charge is -2.19. The van der Waals surface area contributed by atoms with E-state index in [9.17, 15) is 18.4 Å². The van der Waals surface area contributed by atoms with Gasteiger partial charge in [0, 0.05) is 13.5 Å². The highest BCUT2D eigenvalue weighted by Gasteiger charge is 2.26. The van der Waals surface area contributed by atoms with E-state index in [1.165, 1.54) is 7.05 Å². The standard InChI is InChI=1S/C22H22F2N4O3/c1-28-19(20(23)24)18(13-25-28)26-21(29)17(12-15-8-4-2-5-9-15)27-22(30)31-14-16-10-6-3-7-11-16/h2-11,13,17,20H,12,14H2,1H3,(H,26,29)(H,27,30)/t17-/m0/s1. The molecular weight excluding hydrogens is 406 g/mol. The maximum atomic E-state index is 13.3. The van der Waals surface area contributed by atoms with Gasteiger partial charge in [0.15, 0.2) is 0 Å². The van der Waals surface area contributed by atoms with Crippen LogP contribution >= 0.6 is 0 Å². The number of amides is 2. The van der Waals surface area contributed by atoms with E-state index < -0.39 is 30.2 Å². The normalized spacial score (nSPS) is 11.7. The first kappa shape index (κ1) is 21.9. The molecule has 2 N–H and O–H groups in total. The van der Waals surface area contributed by atoms with Gasteiger partial charge in [0.25, 0.3) is 6.43 Å². The van der Waals surface area contributed by atoms with Crippen LogP contribution in [0.4, 0.5) is 19.3 Å². The molecule has 3 aromatic rings. The third-order valence-electron chi connectivity index (χ3n) is 4.55.